The van der Waals surface area contributed by atoms with Gasteiger partial charge >= 0.3 is 0 Å². The summed E-state index contributed by atoms with van der Waals surface area (Å²) >= 11 is 0. The summed E-state index contributed by atoms with van der Waals surface area (Å²) in [5.74, 6) is 0. The number of rotatable bonds is 6. The van der Waals surface area contributed by atoms with Gasteiger partial charge in [-0.3, -0.25) is 0 Å². The van der Waals surface area contributed by atoms with E-state index in [9.17, 15) is 0 Å². The molecule has 0 aliphatic heterocycles. The van der Waals surface area contributed by atoms with Gasteiger partial charge in [0.25, 0.3) is 0 Å². The lowest BCUT2D eigenvalue weighted by Gasteiger charge is -2.09. The molecule has 0 bridgehead atoms. The number of nitrogens with one attached hydrogen (secondary N) is 1. The van der Waals surface area contributed by atoms with E-state index < -0.39 is 0 Å². The van der Waals surface area contributed by atoms with Crippen molar-refractivity contribution in [2.24, 2.45) is 0 Å². The van der Waals surface area contributed by atoms with Crippen LogP contribution in [0.1, 0.15) is 13.3 Å². The second-order valence-corrected chi connectivity index (χ2v) is 2.33. The van der Waals surface area contributed by atoms with E-state index in [0.29, 0.717) is 6.10 Å². The first-order valence-corrected chi connectivity index (χ1v) is 3.65. The molecular formula is C8H17NO. The maximum absolute atomic E-state index is 5.04. The topological polar surface area (TPSA) is 21.3 Å². The molecule has 60 valence electrons. The van der Waals surface area contributed by atoms with Crippen LogP contribution < -0.4 is 5.32 Å². The van der Waals surface area contributed by atoms with Crippen LogP contribution in [-0.4, -0.2) is 26.3 Å². The zero-order chi connectivity index (χ0) is 7.82. The molecule has 0 saturated carbocycles. The molecule has 0 amide bonds. The highest BCUT2D eigenvalue weighted by Crippen LogP contribution is 1.83. The van der Waals surface area contributed by atoms with E-state index in [0.717, 1.165) is 19.5 Å². The number of methoxy groups -OCH3 is 1. The van der Waals surface area contributed by atoms with E-state index in [2.05, 4.69) is 11.9 Å². The zero-order valence-corrected chi connectivity index (χ0v) is 6.89. The van der Waals surface area contributed by atoms with Crippen molar-refractivity contribution in [2.45, 2.75) is 19.4 Å². The van der Waals surface area contributed by atoms with Gasteiger partial charge in [0, 0.05) is 13.7 Å². The molecule has 1 unspecified atom stereocenters. The van der Waals surface area contributed by atoms with Gasteiger partial charge in [-0.15, -0.1) is 6.58 Å². The van der Waals surface area contributed by atoms with Crippen LogP contribution in [0.15, 0.2) is 12.7 Å². The maximum Gasteiger partial charge on any atom is 0.0667 e. The highest BCUT2D eigenvalue weighted by molar-refractivity contribution is 4.67. The van der Waals surface area contributed by atoms with Crippen LogP contribution in [0.5, 0.6) is 0 Å². The minimum absolute atomic E-state index is 0.310. The molecule has 10 heavy (non-hydrogen) atoms. The van der Waals surface area contributed by atoms with E-state index in [1.165, 1.54) is 0 Å². The van der Waals surface area contributed by atoms with Crippen LogP contribution in [0.3, 0.4) is 0 Å². The molecule has 0 spiro atoms. The fraction of sp³-hybridized carbons (Fsp3) is 0.750. The second-order valence-electron chi connectivity index (χ2n) is 2.33. The molecule has 0 aliphatic carbocycles. The molecule has 0 aromatic heterocycles. The Kier molecular flexibility index (Phi) is 6.55. The largest absolute Gasteiger partial charge is 0.380 e. The third-order valence-corrected chi connectivity index (χ3v) is 1.36. The van der Waals surface area contributed by atoms with Crippen molar-refractivity contribution >= 4 is 0 Å². The van der Waals surface area contributed by atoms with Crippen LogP contribution in [0, 0.1) is 0 Å². The fourth-order valence-corrected chi connectivity index (χ4v) is 0.593. The molecule has 0 fully saturated rings. The van der Waals surface area contributed by atoms with Crippen LogP contribution in [0.2, 0.25) is 0 Å². The average molecular weight is 143 g/mol. The highest BCUT2D eigenvalue weighted by Gasteiger charge is 1.95. The first-order chi connectivity index (χ1) is 4.81. The predicted octanol–water partition coefficient (Wildman–Crippen LogP) is 1.19. The van der Waals surface area contributed by atoms with Gasteiger partial charge in [-0.1, -0.05) is 6.08 Å². The Hall–Kier alpha value is -0.340. The molecule has 0 saturated heterocycles. The summed E-state index contributed by atoms with van der Waals surface area (Å²) < 4.78 is 5.04. The molecule has 0 aromatic carbocycles. The van der Waals surface area contributed by atoms with E-state index in [1.54, 1.807) is 7.11 Å². The van der Waals surface area contributed by atoms with Gasteiger partial charge in [0.05, 0.1) is 6.10 Å². The molecule has 0 rings (SSSR count). The Morgan fingerprint density at radius 2 is 2.40 bits per heavy atom. The lowest BCUT2D eigenvalue weighted by atomic mass is 10.3. The van der Waals surface area contributed by atoms with Crippen molar-refractivity contribution < 1.29 is 4.74 Å². The van der Waals surface area contributed by atoms with Gasteiger partial charge in [-0.2, -0.15) is 0 Å². The fourth-order valence-electron chi connectivity index (χ4n) is 0.593. The molecule has 2 heteroatoms. The maximum atomic E-state index is 5.04. The van der Waals surface area contributed by atoms with E-state index in [1.807, 2.05) is 13.0 Å². The highest BCUT2D eigenvalue weighted by atomic mass is 16.5. The Balaban J connectivity index is 2.95. The molecule has 0 heterocycles. The molecular weight excluding hydrogens is 126 g/mol. The summed E-state index contributed by atoms with van der Waals surface area (Å²) in [6.07, 6.45) is 3.24. The van der Waals surface area contributed by atoms with Gasteiger partial charge < -0.3 is 10.1 Å². The lowest BCUT2D eigenvalue weighted by molar-refractivity contribution is 0.117. The number of hydrogen-bond donors (Lipinski definition) is 1. The first kappa shape index (κ1) is 9.66. The summed E-state index contributed by atoms with van der Waals surface area (Å²) in [6.45, 7) is 7.59. The van der Waals surface area contributed by atoms with Gasteiger partial charge in [-0.05, 0) is 19.9 Å². The Morgan fingerprint density at radius 3 is 2.90 bits per heavy atom. The summed E-state index contributed by atoms with van der Waals surface area (Å²) in [5.41, 5.74) is 0. The van der Waals surface area contributed by atoms with Crippen LogP contribution in [-0.2, 0) is 4.74 Å². The number of ether oxygens (including phenoxy) is 1. The van der Waals surface area contributed by atoms with Crippen molar-refractivity contribution in [3.05, 3.63) is 12.7 Å². The van der Waals surface area contributed by atoms with Crippen molar-refractivity contribution in [3.63, 3.8) is 0 Å². The van der Waals surface area contributed by atoms with E-state index in [4.69, 9.17) is 4.74 Å². The second kappa shape index (κ2) is 6.78. The van der Waals surface area contributed by atoms with Gasteiger partial charge in [-0.25, -0.2) is 0 Å². The predicted molar refractivity (Wildman–Crippen MR) is 44.2 cm³/mol. The van der Waals surface area contributed by atoms with Crippen molar-refractivity contribution in [2.75, 3.05) is 20.2 Å². The van der Waals surface area contributed by atoms with Crippen molar-refractivity contribution in [3.8, 4) is 0 Å². The molecule has 0 radical (unpaired) electrons. The average Bonchev–Trinajstić information content (AvgIpc) is 1.98. The quantitative estimate of drug-likeness (QED) is 0.445. The van der Waals surface area contributed by atoms with Gasteiger partial charge in [0.15, 0.2) is 0 Å². The van der Waals surface area contributed by atoms with Crippen molar-refractivity contribution in [1.82, 2.24) is 5.32 Å². The Morgan fingerprint density at radius 1 is 1.70 bits per heavy atom. The normalized spacial score (nSPS) is 13.0. The SMILES string of the molecule is C=CCCNCC(C)OC. The molecule has 2 nitrogen and oxygen atoms in total. The van der Waals surface area contributed by atoms with Crippen LogP contribution in [0.25, 0.3) is 0 Å². The summed E-state index contributed by atoms with van der Waals surface area (Å²) in [7, 11) is 1.72. The third-order valence-electron chi connectivity index (χ3n) is 1.36. The minimum atomic E-state index is 0.310. The monoisotopic (exact) mass is 143 g/mol. The van der Waals surface area contributed by atoms with Crippen LogP contribution >= 0.6 is 0 Å². The summed E-state index contributed by atoms with van der Waals surface area (Å²) in [6, 6.07) is 0. The number of hydrogen-bond acceptors (Lipinski definition) is 2. The molecule has 1 atom stereocenters. The van der Waals surface area contributed by atoms with E-state index >= 15 is 0 Å². The van der Waals surface area contributed by atoms with E-state index in [-0.39, 0.29) is 0 Å². The molecule has 0 aromatic rings. The molecule has 0 aliphatic rings. The van der Waals surface area contributed by atoms with Crippen LogP contribution in [0.4, 0.5) is 0 Å². The van der Waals surface area contributed by atoms with Crippen molar-refractivity contribution in [1.29, 1.82) is 0 Å². The lowest BCUT2D eigenvalue weighted by Crippen LogP contribution is -2.26. The Labute approximate surface area is 63.3 Å². The first-order valence-electron chi connectivity index (χ1n) is 3.65. The standard InChI is InChI=1S/C8H17NO/c1-4-5-6-9-7-8(2)10-3/h4,8-9H,1,5-7H2,2-3H3. The van der Waals surface area contributed by atoms with Gasteiger partial charge in [0.1, 0.15) is 0 Å². The minimum Gasteiger partial charge on any atom is -0.380 e. The third kappa shape index (κ3) is 5.79. The van der Waals surface area contributed by atoms with Gasteiger partial charge in [0.2, 0.25) is 0 Å². The molecule has 1 N–H and O–H groups in total. The zero-order valence-electron chi connectivity index (χ0n) is 6.89. The Bertz CT molecular complexity index is 83.3. The summed E-state index contributed by atoms with van der Waals surface area (Å²) in [5, 5.41) is 3.24. The summed E-state index contributed by atoms with van der Waals surface area (Å²) in [4.78, 5) is 0. The smallest absolute Gasteiger partial charge is 0.0667 e.